The van der Waals surface area contributed by atoms with Crippen molar-refractivity contribution >= 4 is 13.9 Å². The highest BCUT2D eigenvalue weighted by Gasteiger charge is 2.47. The maximum absolute atomic E-state index is 4.54. The van der Waals surface area contributed by atoms with Crippen LogP contribution in [-0.4, -0.2) is 39.2 Å². The van der Waals surface area contributed by atoms with Gasteiger partial charge in [-0.2, -0.15) is 0 Å². The molecule has 1 aromatic heterocycles. The van der Waals surface area contributed by atoms with E-state index in [4.69, 9.17) is 0 Å². The van der Waals surface area contributed by atoms with Crippen molar-refractivity contribution in [3.05, 3.63) is 23.9 Å². The molecule has 3 heterocycles. The molecule has 0 unspecified atom stereocenters. The number of pyridine rings is 1. The molecule has 2 aliphatic rings. The van der Waals surface area contributed by atoms with E-state index in [0.717, 1.165) is 24.5 Å². The van der Waals surface area contributed by atoms with E-state index in [1.807, 2.05) is 6.20 Å². The summed E-state index contributed by atoms with van der Waals surface area (Å²) in [5.41, 5.74) is 4.96. The molecule has 100 valence electrons. The number of nitrogens with one attached hydrogen (secondary N) is 1. The van der Waals surface area contributed by atoms with Gasteiger partial charge in [-0.1, -0.05) is 25.6 Å². The summed E-state index contributed by atoms with van der Waals surface area (Å²) in [6, 6.07) is 4.20. The van der Waals surface area contributed by atoms with E-state index in [9.17, 15) is 0 Å². The maximum Gasteiger partial charge on any atom is 0.129 e. The fourth-order valence-electron chi connectivity index (χ4n) is 2.53. The topological polar surface area (TPSA) is 28.2 Å². The molecule has 0 saturated carbocycles. The van der Waals surface area contributed by atoms with Crippen molar-refractivity contribution in [2.45, 2.75) is 19.6 Å². The lowest BCUT2D eigenvalue weighted by molar-refractivity contribution is 0.120. The molecule has 3 nitrogen and oxygen atoms in total. The first-order chi connectivity index (χ1) is 8.96. The van der Waals surface area contributed by atoms with Gasteiger partial charge in [0.15, 0.2) is 0 Å². The molecule has 19 heavy (non-hydrogen) atoms. The van der Waals surface area contributed by atoms with Gasteiger partial charge in [-0.3, -0.25) is 0 Å². The molecule has 0 aromatic carbocycles. The summed E-state index contributed by atoms with van der Waals surface area (Å²) in [5, 5.41) is 3.35. The van der Waals surface area contributed by atoms with Crippen molar-refractivity contribution in [3.8, 4) is 11.5 Å². The zero-order chi connectivity index (χ0) is 13.5. The number of hydrogen-bond acceptors (Lipinski definition) is 3. The number of anilines is 1. The Morgan fingerprint density at radius 3 is 2.47 bits per heavy atom. The predicted molar refractivity (Wildman–Crippen MR) is 82.0 cm³/mol. The Labute approximate surface area is 116 Å². The first kappa shape index (κ1) is 12.7. The fraction of sp³-hybridized carbons (Fsp3) is 0.533. The third-order valence-corrected chi connectivity index (χ3v) is 4.58. The average Bonchev–Trinajstić information content (AvgIpc) is 2.23. The summed E-state index contributed by atoms with van der Waals surface area (Å²) in [6.45, 7) is 11.4. The molecule has 2 fully saturated rings. The number of aromatic nitrogens is 1. The van der Waals surface area contributed by atoms with Gasteiger partial charge in [0.05, 0.1) is 0 Å². The lowest BCUT2D eigenvalue weighted by Crippen LogP contribution is -2.71. The van der Waals surface area contributed by atoms with Crippen LogP contribution in [0, 0.1) is 16.9 Å². The number of nitrogens with zero attached hydrogens (tertiary/aromatic N) is 2. The van der Waals surface area contributed by atoms with Crippen LogP contribution in [-0.2, 0) is 0 Å². The molecule has 0 atom stereocenters. The second-order valence-corrected chi connectivity index (χ2v) is 11.6. The number of rotatable bonds is 1. The predicted octanol–water partition coefficient (Wildman–Crippen LogP) is 1.72. The van der Waals surface area contributed by atoms with Crippen LogP contribution in [0.1, 0.15) is 5.56 Å². The lowest BCUT2D eigenvalue weighted by Gasteiger charge is -2.56. The summed E-state index contributed by atoms with van der Waals surface area (Å²) in [5.74, 6) is 4.34. The number of hydrogen-bond donors (Lipinski definition) is 1. The van der Waals surface area contributed by atoms with Gasteiger partial charge >= 0.3 is 0 Å². The second-order valence-electron chi connectivity index (χ2n) is 6.86. The Morgan fingerprint density at radius 2 is 2.00 bits per heavy atom. The van der Waals surface area contributed by atoms with Crippen molar-refractivity contribution in [1.29, 1.82) is 0 Å². The minimum Gasteiger partial charge on any atom is -0.355 e. The maximum atomic E-state index is 4.54. The van der Waals surface area contributed by atoms with Crippen LogP contribution in [0.3, 0.4) is 0 Å². The van der Waals surface area contributed by atoms with Crippen molar-refractivity contribution in [2.75, 3.05) is 31.1 Å². The molecule has 0 aliphatic carbocycles. The minimum atomic E-state index is -1.29. The van der Waals surface area contributed by atoms with Gasteiger partial charge in [-0.05, 0) is 12.1 Å². The van der Waals surface area contributed by atoms with Crippen LogP contribution in [0.4, 0.5) is 5.82 Å². The molecule has 0 amide bonds. The molecule has 1 aromatic rings. The van der Waals surface area contributed by atoms with E-state index in [1.54, 1.807) is 0 Å². The first-order valence-corrected chi connectivity index (χ1v) is 10.4. The largest absolute Gasteiger partial charge is 0.355 e. The van der Waals surface area contributed by atoms with Crippen LogP contribution >= 0.6 is 0 Å². The van der Waals surface area contributed by atoms with E-state index in [0.29, 0.717) is 5.41 Å². The summed E-state index contributed by atoms with van der Waals surface area (Å²) >= 11 is 0. The molecule has 3 rings (SSSR count). The summed E-state index contributed by atoms with van der Waals surface area (Å²) < 4.78 is 0. The second kappa shape index (κ2) is 4.36. The Kier molecular flexibility index (Phi) is 2.92. The summed E-state index contributed by atoms with van der Waals surface area (Å²) in [7, 11) is -1.29. The SMILES string of the molecule is C[Si](C)(C)C#Cc1ccc(N2CC3(CNC3)C2)nc1. The molecule has 1 N–H and O–H groups in total. The van der Waals surface area contributed by atoms with Gasteiger partial charge in [-0.15, -0.1) is 5.54 Å². The molecular formula is C15H21N3Si. The Balaban J connectivity index is 1.64. The van der Waals surface area contributed by atoms with E-state index < -0.39 is 8.07 Å². The zero-order valence-corrected chi connectivity index (χ0v) is 13.0. The molecule has 2 saturated heterocycles. The molecule has 2 aliphatic heterocycles. The highest BCUT2D eigenvalue weighted by molar-refractivity contribution is 6.83. The van der Waals surface area contributed by atoms with Gasteiger partial charge in [0.2, 0.25) is 0 Å². The van der Waals surface area contributed by atoms with Crippen LogP contribution < -0.4 is 10.2 Å². The van der Waals surface area contributed by atoms with Gasteiger partial charge in [0.1, 0.15) is 13.9 Å². The smallest absolute Gasteiger partial charge is 0.129 e. The quantitative estimate of drug-likeness (QED) is 0.623. The summed E-state index contributed by atoms with van der Waals surface area (Å²) in [4.78, 5) is 6.90. The molecule has 1 spiro atoms. The standard InChI is InChI=1S/C15H21N3Si/c1-19(2,3)7-6-13-4-5-14(17-8-13)18-11-15(12-18)9-16-10-15/h4-5,8,16H,9-12H2,1-3H3. The lowest BCUT2D eigenvalue weighted by atomic mass is 9.74. The highest BCUT2D eigenvalue weighted by atomic mass is 28.3. The Bertz CT molecular complexity index is 521. The molecule has 0 radical (unpaired) electrons. The Hall–Kier alpha value is -1.31. The highest BCUT2D eigenvalue weighted by Crippen LogP contribution is 2.36. The minimum absolute atomic E-state index is 0.554. The first-order valence-electron chi connectivity index (χ1n) is 6.91. The van der Waals surface area contributed by atoms with Gasteiger partial charge in [-0.25, -0.2) is 4.98 Å². The van der Waals surface area contributed by atoms with E-state index >= 15 is 0 Å². The van der Waals surface area contributed by atoms with Crippen LogP contribution in [0.15, 0.2) is 18.3 Å². The normalized spacial score (nSPS) is 20.3. The van der Waals surface area contributed by atoms with Crippen molar-refractivity contribution in [3.63, 3.8) is 0 Å². The third-order valence-electron chi connectivity index (χ3n) is 3.71. The average molecular weight is 271 g/mol. The Morgan fingerprint density at radius 1 is 1.26 bits per heavy atom. The van der Waals surface area contributed by atoms with E-state index in [1.165, 1.54) is 13.1 Å². The van der Waals surface area contributed by atoms with Crippen molar-refractivity contribution < 1.29 is 0 Å². The van der Waals surface area contributed by atoms with Gasteiger partial charge in [0.25, 0.3) is 0 Å². The van der Waals surface area contributed by atoms with Gasteiger partial charge < -0.3 is 10.2 Å². The van der Waals surface area contributed by atoms with E-state index in [2.05, 4.69) is 58.4 Å². The molecule has 0 bridgehead atoms. The fourth-order valence-corrected chi connectivity index (χ4v) is 3.05. The summed E-state index contributed by atoms with van der Waals surface area (Å²) in [6.07, 6.45) is 1.91. The zero-order valence-electron chi connectivity index (χ0n) is 12.0. The molecule has 4 heteroatoms. The van der Waals surface area contributed by atoms with Crippen molar-refractivity contribution in [2.24, 2.45) is 5.41 Å². The molecular weight excluding hydrogens is 250 g/mol. The van der Waals surface area contributed by atoms with Crippen LogP contribution in [0.25, 0.3) is 0 Å². The third kappa shape index (κ3) is 2.67. The van der Waals surface area contributed by atoms with E-state index in [-0.39, 0.29) is 0 Å². The van der Waals surface area contributed by atoms with Crippen LogP contribution in [0.2, 0.25) is 19.6 Å². The van der Waals surface area contributed by atoms with Gasteiger partial charge in [0, 0.05) is 43.4 Å². The van der Waals surface area contributed by atoms with Crippen molar-refractivity contribution in [1.82, 2.24) is 10.3 Å². The van der Waals surface area contributed by atoms with Crippen LogP contribution in [0.5, 0.6) is 0 Å². The monoisotopic (exact) mass is 271 g/mol.